The van der Waals surface area contributed by atoms with E-state index in [1.807, 2.05) is 23.9 Å². The number of hydrogen-bond acceptors (Lipinski definition) is 3. The molecule has 1 aromatic carbocycles. The van der Waals surface area contributed by atoms with Crippen molar-refractivity contribution in [1.29, 1.82) is 0 Å². The number of halogens is 1. The fourth-order valence-electron chi connectivity index (χ4n) is 2.42. The molecular weight excluding hydrogens is 266 g/mol. The van der Waals surface area contributed by atoms with Gasteiger partial charge in [0.1, 0.15) is 0 Å². The van der Waals surface area contributed by atoms with E-state index in [2.05, 4.69) is 17.2 Å². The number of rotatable bonds is 3. The van der Waals surface area contributed by atoms with Gasteiger partial charge in [-0.1, -0.05) is 17.7 Å². The van der Waals surface area contributed by atoms with E-state index in [-0.39, 0.29) is 6.61 Å². The fraction of sp³-hybridized carbons (Fsp3) is 0.571. The summed E-state index contributed by atoms with van der Waals surface area (Å²) in [6.07, 6.45) is 5.98. The van der Waals surface area contributed by atoms with E-state index in [9.17, 15) is 0 Å². The van der Waals surface area contributed by atoms with E-state index in [1.165, 1.54) is 24.9 Å². The maximum Gasteiger partial charge on any atom is 0.0696 e. The average molecular weight is 286 g/mol. The van der Waals surface area contributed by atoms with Gasteiger partial charge in [-0.3, -0.25) is 0 Å². The highest BCUT2D eigenvalue weighted by Crippen LogP contribution is 2.28. The Hall–Kier alpha value is -0.380. The van der Waals surface area contributed by atoms with Gasteiger partial charge < -0.3 is 10.0 Å². The quantitative estimate of drug-likeness (QED) is 0.919. The van der Waals surface area contributed by atoms with Gasteiger partial charge in [-0.25, -0.2) is 0 Å². The highest BCUT2D eigenvalue weighted by Gasteiger charge is 2.16. The monoisotopic (exact) mass is 285 g/mol. The zero-order valence-corrected chi connectivity index (χ0v) is 12.3. The van der Waals surface area contributed by atoms with Gasteiger partial charge in [-0.05, 0) is 43.2 Å². The molecule has 0 bridgehead atoms. The van der Waals surface area contributed by atoms with Crippen molar-refractivity contribution < 1.29 is 5.11 Å². The second-order valence-electron chi connectivity index (χ2n) is 4.71. The van der Waals surface area contributed by atoms with E-state index in [1.54, 1.807) is 0 Å². The Morgan fingerprint density at radius 2 is 2.22 bits per heavy atom. The van der Waals surface area contributed by atoms with Crippen LogP contribution < -0.4 is 4.90 Å². The summed E-state index contributed by atoms with van der Waals surface area (Å²) in [4.78, 5) is 2.41. The molecule has 1 aromatic rings. The van der Waals surface area contributed by atoms with Crippen molar-refractivity contribution in [2.45, 2.75) is 31.1 Å². The number of aliphatic hydroxyl groups is 1. The summed E-state index contributed by atoms with van der Waals surface area (Å²) in [5.41, 5.74) is 1.98. The molecule has 100 valence electrons. The second kappa shape index (κ2) is 6.69. The van der Waals surface area contributed by atoms with Crippen LogP contribution in [0, 0.1) is 0 Å². The van der Waals surface area contributed by atoms with Crippen LogP contribution >= 0.6 is 23.4 Å². The van der Waals surface area contributed by atoms with Crippen molar-refractivity contribution in [3.8, 4) is 0 Å². The van der Waals surface area contributed by atoms with Crippen molar-refractivity contribution in [3.63, 3.8) is 0 Å². The summed E-state index contributed by atoms with van der Waals surface area (Å²) in [5.74, 6) is 0. The maximum absolute atomic E-state index is 9.13. The molecule has 1 N–H and O–H groups in total. The summed E-state index contributed by atoms with van der Waals surface area (Å²) in [6.45, 7) is 2.21. The third kappa shape index (κ3) is 3.34. The summed E-state index contributed by atoms with van der Waals surface area (Å²) in [6, 6.07) is 5.97. The summed E-state index contributed by atoms with van der Waals surface area (Å²) >= 11 is 8.13. The minimum absolute atomic E-state index is 0.00760. The van der Waals surface area contributed by atoms with Crippen LogP contribution in [0.2, 0.25) is 5.02 Å². The van der Waals surface area contributed by atoms with Crippen molar-refractivity contribution >= 4 is 29.1 Å². The Kier molecular flexibility index (Phi) is 5.22. The molecule has 2 rings (SSSR count). The number of anilines is 1. The first-order valence-electron chi connectivity index (χ1n) is 6.41. The Bertz CT molecular complexity index is 399. The Morgan fingerprint density at radius 1 is 1.39 bits per heavy atom. The first-order chi connectivity index (χ1) is 8.74. The topological polar surface area (TPSA) is 23.5 Å². The highest BCUT2D eigenvalue weighted by atomic mass is 35.5. The molecule has 0 aromatic heterocycles. The van der Waals surface area contributed by atoms with Gasteiger partial charge in [-0.15, -0.1) is 0 Å². The third-order valence-corrected chi connectivity index (χ3v) is 5.07. The van der Waals surface area contributed by atoms with Gasteiger partial charge in [0.15, 0.2) is 0 Å². The van der Waals surface area contributed by atoms with Crippen LogP contribution in [-0.4, -0.2) is 29.7 Å². The normalized spacial score (nSPS) is 20.8. The molecule has 18 heavy (non-hydrogen) atoms. The molecule has 0 spiro atoms. The number of thioether (sulfide) groups is 1. The SMILES string of the molecule is CSC1CCCN(c2ccc(CO)c(Cl)c2)CC1. The van der Waals surface area contributed by atoms with Crippen LogP contribution in [0.4, 0.5) is 5.69 Å². The molecule has 0 aliphatic carbocycles. The van der Waals surface area contributed by atoms with Gasteiger partial charge in [0.05, 0.1) is 6.61 Å². The van der Waals surface area contributed by atoms with Crippen LogP contribution in [0.5, 0.6) is 0 Å². The van der Waals surface area contributed by atoms with Crippen LogP contribution in [0.3, 0.4) is 0 Å². The predicted molar refractivity (Wildman–Crippen MR) is 80.7 cm³/mol. The Labute approximate surface area is 118 Å². The third-order valence-electron chi connectivity index (χ3n) is 3.58. The van der Waals surface area contributed by atoms with E-state index in [0.717, 1.165) is 23.9 Å². The number of nitrogens with zero attached hydrogens (tertiary/aromatic N) is 1. The summed E-state index contributed by atoms with van der Waals surface area (Å²) < 4.78 is 0. The predicted octanol–water partition coefficient (Wildman–Crippen LogP) is 3.55. The van der Waals surface area contributed by atoms with Gasteiger partial charge >= 0.3 is 0 Å². The molecule has 1 aliphatic rings. The molecule has 1 atom stereocenters. The summed E-state index contributed by atoms with van der Waals surface area (Å²) in [5, 5.41) is 10.6. The van der Waals surface area contributed by atoms with E-state index in [4.69, 9.17) is 16.7 Å². The lowest BCUT2D eigenvalue weighted by atomic mass is 10.2. The Balaban J connectivity index is 2.09. The zero-order chi connectivity index (χ0) is 13.0. The molecule has 1 fully saturated rings. The molecule has 1 aliphatic heterocycles. The van der Waals surface area contributed by atoms with Gasteiger partial charge in [0.2, 0.25) is 0 Å². The molecule has 1 unspecified atom stereocenters. The fourth-order valence-corrected chi connectivity index (χ4v) is 3.40. The Morgan fingerprint density at radius 3 is 2.89 bits per heavy atom. The molecule has 0 saturated carbocycles. The first-order valence-corrected chi connectivity index (χ1v) is 8.08. The zero-order valence-electron chi connectivity index (χ0n) is 10.7. The molecule has 4 heteroatoms. The molecule has 0 radical (unpaired) electrons. The second-order valence-corrected chi connectivity index (χ2v) is 6.25. The van der Waals surface area contributed by atoms with Crippen LogP contribution in [0.25, 0.3) is 0 Å². The maximum atomic E-state index is 9.13. The molecular formula is C14H20ClNOS. The summed E-state index contributed by atoms with van der Waals surface area (Å²) in [7, 11) is 0. The van der Waals surface area contributed by atoms with Crippen LogP contribution in [-0.2, 0) is 6.61 Å². The minimum atomic E-state index is 0.00760. The number of benzene rings is 1. The largest absolute Gasteiger partial charge is 0.392 e. The number of hydrogen-bond donors (Lipinski definition) is 1. The van der Waals surface area contributed by atoms with Crippen molar-refractivity contribution in [3.05, 3.63) is 28.8 Å². The average Bonchev–Trinajstić information content (AvgIpc) is 2.63. The van der Waals surface area contributed by atoms with Crippen LogP contribution in [0.1, 0.15) is 24.8 Å². The molecule has 1 heterocycles. The minimum Gasteiger partial charge on any atom is -0.392 e. The number of aliphatic hydroxyl groups excluding tert-OH is 1. The lowest BCUT2D eigenvalue weighted by molar-refractivity contribution is 0.282. The molecule has 2 nitrogen and oxygen atoms in total. The lowest BCUT2D eigenvalue weighted by Gasteiger charge is -2.23. The van der Waals surface area contributed by atoms with Crippen molar-refractivity contribution in [2.75, 3.05) is 24.2 Å². The van der Waals surface area contributed by atoms with E-state index >= 15 is 0 Å². The first kappa shape index (κ1) is 14.0. The molecule has 0 amide bonds. The smallest absolute Gasteiger partial charge is 0.0696 e. The lowest BCUT2D eigenvalue weighted by Crippen LogP contribution is -2.24. The van der Waals surface area contributed by atoms with Gasteiger partial charge in [-0.2, -0.15) is 11.8 Å². The van der Waals surface area contributed by atoms with E-state index in [0.29, 0.717) is 5.02 Å². The van der Waals surface area contributed by atoms with Gasteiger partial charge in [0, 0.05) is 29.0 Å². The van der Waals surface area contributed by atoms with E-state index < -0.39 is 0 Å². The highest BCUT2D eigenvalue weighted by molar-refractivity contribution is 7.99. The van der Waals surface area contributed by atoms with Crippen molar-refractivity contribution in [2.24, 2.45) is 0 Å². The molecule has 1 saturated heterocycles. The van der Waals surface area contributed by atoms with Crippen LogP contribution in [0.15, 0.2) is 18.2 Å². The van der Waals surface area contributed by atoms with Crippen molar-refractivity contribution in [1.82, 2.24) is 0 Å². The van der Waals surface area contributed by atoms with Gasteiger partial charge in [0.25, 0.3) is 0 Å². The standard InChI is InChI=1S/C14H20ClNOS/c1-18-13-3-2-7-16(8-6-13)12-5-4-11(10-17)14(15)9-12/h4-5,9,13,17H,2-3,6-8,10H2,1H3.